The van der Waals surface area contributed by atoms with E-state index < -0.39 is 0 Å². The largest absolute Gasteiger partial charge is 0.333 e. The standard InChI is InChI=1S/C20H35N3O2S/c1-14(2)8-9-23(18(25)10-15(3)11-20(5,6)7)12-17(24)22-19-21-16(4)13-26-19/h13-15H,8-12H2,1-7H3,(H,21,22,24). The molecule has 5 nitrogen and oxygen atoms in total. The van der Waals surface area contributed by atoms with Crippen molar-refractivity contribution in [3.05, 3.63) is 11.1 Å². The van der Waals surface area contributed by atoms with Crippen LogP contribution in [0.4, 0.5) is 5.13 Å². The number of amides is 2. The molecule has 0 saturated heterocycles. The molecule has 0 saturated carbocycles. The van der Waals surface area contributed by atoms with Gasteiger partial charge in [-0.05, 0) is 37.0 Å². The summed E-state index contributed by atoms with van der Waals surface area (Å²) >= 11 is 1.40. The van der Waals surface area contributed by atoms with Crippen molar-refractivity contribution in [2.75, 3.05) is 18.4 Å². The third-order valence-corrected chi connectivity index (χ3v) is 4.89. The molecule has 0 aromatic carbocycles. The summed E-state index contributed by atoms with van der Waals surface area (Å²) in [6, 6.07) is 0. The Kier molecular flexibility index (Phi) is 8.74. The van der Waals surface area contributed by atoms with E-state index in [1.807, 2.05) is 12.3 Å². The molecule has 1 aromatic heterocycles. The summed E-state index contributed by atoms with van der Waals surface area (Å²) in [4.78, 5) is 31.1. The summed E-state index contributed by atoms with van der Waals surface area (Å²) in [5, 5.41) is 5.28. The highest BCUT2D eigenvalue weighted by molar-refractivity contribution is 7.13. The predicted molar refractivity (Wildman–Crippen MR) is 109 cm³/mol. The molecule has 0 aliphatic rings. The van der Waals surface area contributed by atoms with Gasteiger partial charge in [0.2, 0.25) is 11.8 Å². The Bertz CT molecular complexity index is 590. The van der Waals surface area contributed by atoms with E-state index >= 15 is 0 Å². The average Bonchev–Trinajstić information content (AvgIpc) is 2.85. The van der Waals surface area contributed by atoms with Crippen molar-refractivity contribution in [1.82, 2.24) is 9.88 Å². The smallest absolute Gasteiger partial charge is 0.245 e. The third kappa shape index (κ3) is 9.32. The minimum Gasteiger partial charge on any atom is -0.333 e. The van der Waals surface area contributed by atoms with E-state index in [4.69, 9.17) is 0 Å². The van der Waals surface area contributed by atoms with Crippen molar-refractivity contribution in [1.29, 1.82) is 0 Å². The van der Waals surface area contributed by atoms with Gasteiger partial charge in [0.25, 0.3) is 0 Å². The Morgan fingerprint density at radius 2 is 1.92 bits per heavy atom. The van der Waals surface area contributed by atoms with Gasteiger partial charge in [-0.3, -0.25) is 9.59 Å². The highest BCUT2D eigenvalue weighted by Crippen LogP contribution is 2.26. The van der Waals surface area contributed by atoms with E-state index in [0.717, 1.165) is 18.5 Å². The topological polar surface area (TPSA) is 62.3 Å². The zero-order valence-electron chi connectivity index (χ0n) is 17.4. The van der Waals surface area contributed by atoms with E-state index in [2.05, 4.69) is 51.8 Å². The molecule has 1 atom stereocenters. The van der Waals surface area contributed by atoms with Crippen LogP contribution >= 0.6 is 11.3 Å². The Morgan fingerprint density at radius 3 is 2.42 bits per heavy atom. The lowest BCUT2D eigenvalue weighted by atomic mass is 9.84. The predicted octanol–water partition coefficient (Wildman–Crippen LogP) is 4.73. The first kappa shape index (κ1) is 22.6. The summed E-state index contributed by atoms with van der Waals surface area (Å²) < 4.78 is 0. The van der Waals surface area contributed by atoms with E-state index in [0.29, 0.717) is 29.9 Å². The van der Waals surface area contributed by atoms with Crippen LogP contribution in [0.2, 0.25) is 0 Å². The fourth-order valence-corrected chi connectivity index (χ4v) is 3.70. The zero-order chi connectivity index (χ0) is 19.9. The lowest BCUT2D eigenvalue weighted by molar-refractivity contribution is -0.135. The van der Waals surface area contributed by atoms with Crippen molar-refractivity contribution in [3.8, 4) is 0 Å². The molecule has 0 aliphatic carbocycles. The quantitative estimate of drug-likeness (QED) is 0.673. The normalized spacial score (nSPS) is 12.9. The van der Waals surface area contributed by atoms with Gasteiger partial charge in [0.1, 0.15) is 0 Å². The molecule has 0 spiro atoms. The fraction of sp³-hybridized carbons (Fsp3) is 0.750. The lowest BCUT2D eigenvalue weighted by Crippen LogP contribution is -2.39. The monoisotopic (exact) mass is 381 g/mol. The highest BCUT2D eigenvalue weighted by atomic mass is 32.1. The summed E-state index contributed by atoms with van der Waals surface area (Å²) in [5.41, 5.74) is 1.08. The third-order valence-electron chi connectivity index (χ3n) is 4.01. The van der Waals surface area contributed by atoms with Gasteiger partial charge in [-0.15, -0.1) is 11.3 Å². The minimum atomic E-state index is -0.181. The molecular weight excluding hydrogens is 346 g/mol. The number of aromatic nitrogens is 1. The second-order valence-corrected chi connectivity index (χ2v) is 9.77. The van der Waals surface area contributed by atoms with Crippen LogP contribution in [-0.2, 0) is 9.59 Å². The number of rotatable bonds is 9. The molecule has 6 heteroatoms. The summed E-state index contributed by atoms with van der Waals surface area (Å²) in [6.45, 7) is 15.5. The van der Waals surface area contributed by atoms with Crippen LogP contribution in [0.5, 0.6) is 0 Å². The summed E-state index contributed by atoms with van der Waals surface area (Å²) in [7, 11) is 0. The number of hydrogen-bond acceptors (Lipinski definition) is 4. The molecule has 1 aromatic rings. The van der Waals surface area contributed by atoms with Gasteiger partial charge in [0.05, 0.1) is 12.2 Å². The number of nitrogens with one attached hydrogen (secondary N) is 1. The Labute approximate surface area is 162 Å². The molecule has 0 aliphatic heterocycles. The van der Waals surface area contributed by atoms with E-state index in [9.17, 15) is 9.59 Å². The van der Waals surface area contributed by atoms with E-state index in [-0.39, 0.29) is 23.8 Å². The Hall–Kier alpha value is -1.43. The molecule has 0 bridgehead atoms. The maximum atomic E-state index is 12.8. The molecule has 26 heavy (non-hydrogen) atoms. The average molecular weight is 382 g/mol. The van der Waals surface area contributed by atoms with Gasteiger partial charge in [-0.2, -0.15) is 0 Å². The van der Waals surface area contributed by atoms with E-state index in [1.165, 1.54) is 11.3 Å². The lowest BCUT2D eigenvalue weighted by Gasteiger charge is -2.27. The maximum Gasteiger partial charge on any atom is 0.245 e. The molecule has 2 amide bonds. The van der Waals surface area contributed by atoms with Gasteiger partial charge in [-0.1, -0.05) is 41.5 Å². The molecule has 0 fully saturated rings. The van der Waals surface area contributed by atoms with Gasteiger partial charge >= 0.3 is 0 Å². The molecular formula is C20H35N3O2S. The first-order valence-corrected chi connectivity index (χ1v) is 10.3. The number of carbonyl (C=O) groups is 2. The van der Waals surface area contributed by atoms with Crippen LogP contribution in [-0.4, -0.2) is 34.8 Å². The van der Waals surface area contributed by atoms with Gasteiger partial charge < -0.3 is 10.2 Å². The van der Waals surface area contributed by atoms with E-state index in [1.54, 1.807) is 4.90 Å². The molecule has 148 valence electrons. The zero-order valence-corrected chi connectivity index (χ0v) is 18.2. The summed E-state index contributed by atoms with van der Waals surface area (Å²) in [6.07, 6.45) is 2.36. The molecule has 1 heterocycles. The number of anilines is 1. The Morgan fingerprint density at radius 1 is 1.27 bits per heavy atom. The second kappa shape index (κ2) is 10.0. The Balaban J connectivity index is 2.67. The first-order valence-electron chi connectivity index (χ1n) is 9.46. The minimum absolute atomic E-state index is 0.0628. The van der Waals surface area contributed by atoms with Crippen LogP contribution < -0.4 is 5.32 Å². The van der Waals surface area contributed by atoms with Crippen molar-refractivity contribution in [3.63, 3.8) is 0 Å². The fourth-order valence-electron chi connectivity index (χ4n) is 2.99. The first-order chi connectivity index (χ1) is 12.0. The van der Waals surface area contributed by atoms with Crippen molar-refractivity contribution >= 4 is 28.3 Å². The highest BCUT2D eigenvalue weighted by Gasteiger charge is 2.23. The molecule has 0 radical (unpaired) electrons. The van der Waals surface area contributed by atoms with Gasteiger partial charge in [0, 0.05) is 18.3 Å². The SMILES string of the molecule is Cc1csc(NC(=O)CN(CCC(C)C)C(=O)CC(C)CC(C)(C)C)n1. The van der Waals surface area contributed by atoms with Gasteiger partial charge in [-0.25, -0.2) is 4.98 Å². The van der Waals surface area contributed by atoms with Gasteiger partial charge in [0.15, 0.2) is 5.13 Å². The summed E-state index contributed by atoms with van der Waals surface area (Å²) in [5.74, 6) is 0.670. The number of aryl methyl sites for hydroxylation is 1. The number of thiazole rings is 1. The maximum absolute atomic E-state index is 12.8. The number of nitrogens with zero attached hydrogens (tertiary/aromatic N) is 2. The molecule has 1 N–H and O–H groups in total. The second-order valence-electron chi connectivity index (χ2n) is 8.91. The number of carbonyl (C=O) groups excluding carboxylic acids is 2. The van der Waals surface area contributed by atoms with Crippen molar-refractivity contribution in [2.24, 2.45) is 17.3 Å². The molecule has 1 rings (SSSR count). The number of hydrogen-bond donors (Lipinski definition) is 1. The molecule has 1 unspecified atom stereocenters. The van der Waals surface area contributed by atoms with Crippen molar-refractivity contribution < 1.29 is 9.59 Å². The van der Waals surface area contributed by atoms with Crippen LogP contribution in [0.3, 0.4) is 0 Å². The van der Waals surface area contributed by atoms with Crippen LogP contribution in [0, 0.1) is 24.2 Å². The van der Waals surface area contributed by atoms with Crippen LogP contribution in [0.15, 0.2) is 5.38 Å². The van der Waals surface area contributed by atoms with Crippen LogP contribution in [0.25, 0.3) is 0 Å². The van der Waals surface area contributed by atoms with Crippen LogP contribution in [0.1, 0.15) is 66.5 Å². The van der Waals surface area contributed by atoms with Crippen molar-refractivity contribution in [2.45, 2.75) is 67.7 Å².